The van der Waals surface area contributed by atoms with Gasteiger partial charge >= 0.3 is 0 Å². The number of carbonyl (C=O) groups is 1. The Morgan fingerprint density at radius 1 is 1.18 bits per heavy atom. The van der Waals surface area contributed by atoms with Crippen LogP contribution >= 0.6 is 23.4 Å². The number of nitrogens with zero attached hydrogens (tertiary/aromatic N) is 1. The van der Waals surface area contributed by atoms with Crippen molar-refractivity contribution in [1.82, 2.24) is 9.97 Å². The summed E-state index contributed by atoms with van der Waals surface area (Å²) in [5.74, 6) is 0.451. The van der Waals surface area contributed by atoms with E-state index in [0.717, 1.165) is 27.4 Å². The van der Waals surface area contributed by atoms with Gasteiger partial charge in [0.25, 0.3) is 0 Å². The summed E-state index contributed by atoms with van der Waals surface area (Å²) in [6.07, 6.45) is 0. The molecule has 4 nitrogen and oxygen atoms in total. The lowest BCUT2D eigenvalue weighted by Gasteiger charge is -2.09. The molecule has 2 N–H and O–H groups in total. The van der Waals surface area contributed by atoms with Crippen molar-refractivity contribution >= 4 is 46.0 Å². The van der Waals surface area contributed by atoms with E-state index in [4.69, 9.17) is 11.6 Å². The number of fused-ring (bicyclic) bond motifs is 1. The number of amides is 1. The number of imidazole rings is 1. The Balaban J connectivity index is 1.74. The number of aromatic nitrogens is 2. The molecule has 0 atom stereocenters. The van der Waals surface area contributed by atoms with Gasteiger partial charge in [0.15, 0.2) is 5.16 Å². The number of thioether (sulfide) groups is 1. The molecule has 0 saturated carbocycles. The van der Waals surface area contributed by atoms with Crippen LogP contribution in [-0.2, 0) is 10.5 Å². The summed E-state index contributed by atoms with van der Waals surface area (Å²) in [7, 11) is 0. The van der Waals surface area contributed by atoms with E-state index in [1.165, 1.54) is 0 Å². The highest BCUT2D eigenvalue weighted by Crippen LogP contribution is 2.26. The maximum Gasteiger partial charge on any atom is 0.239 e. The molecule has 0 aliphatic carbocycles. The third-order valence-electron chi connectivity index (χ3n) is 3.14. The Hall–Kier alpha value is -1.98. The van der Waals surface area contributed by atoms with E-state index in [1.807, 2.05) is 48.5 Å². The van der Waals surface area contributed by atoms with Crippen molar-refractivity contribution in [1.29, 1.82) is 0 Å². The second-order valence-corrected chi connectivity index (χ2v) is 5.92. The number of para-hydroxylation sites is 3. The van der Waals surface area contributed by atoms with Gasteiger partial charge in [0.1, 0.15) is 5.88 Å². The Bertz CT molecular complexity index is 770. The lowest BCUT2D eigenvalue weighted by Crippen LogP contribution is -2.13. The average Bonchev–Trinajstić information content (AvgIpc) is 2.96. The Labute approximate surface area is 137 Å². The van der Waals surface area contributed by atoms with Crippen LogP contribution in [0, 0.1) is 0 Å². The molecule has 0 spiro atoms. The lowest BCUT2D eigenvalue weighted by atomic mass is 10.2. The minimum Gasteiger partial charge on any atom is -0.333 e. The maximum atomic E-state index is 11.5. The molecule has 22 heavy (non-hydrogen) atoms. The molecule has 0 saturated heterocycles. The highest BCUT2D eigenvalue weighted by molar-refractivity contribution is 7.98. The van der Waals surface area contributed by atoms with Crippen molar-refractivity contribution in [3.63, 3.8) is 0 Å². The van der Waals surface area contributed by atoms with Crippen molar-refractivity contribution in [3.8, 4) is 0 Å². The monoisotopic (exact) mass is 331 g/mol. The first-order chi connectivity index (χ1) is 10.8. The van der Waals surface area contributed by atoms with Gasteiger partial charge < -0.3 is 10.3 Å². The summed E-state index contributed by atoms with van der Waals surface area (Å²) in [6.45, 7) is 0. The minimum atomic E-state index is -0.206. The average molecular weight is 332 g/mol. The Morgan fingerprint density at radius 2 is 1.95 bits per heavy atom. The van der Waals surface area contributed by atoms with Crippen molar-refractivity contribution in [3.05, 3.63) is 54.1 Å². The molecule has 0 aliphatic rings. The number of nitrogens with one attached hydrogen (secondary N) is 2. The normalized spacial score (nSPS) is 10.8. The number of anilines is 1. The summed E-state index contributed by atoms with van der Waals surface area (Å²) < 4.78 is 0. The highest BCUT2D eigenvalue weighted by Gasteiger charge is 2.08. The van der Waals surface area contributed by atoms with Gasteiger partial charge in [-0.3, -0.25) is 4.79 Å². The number of aromatic amines is 1. The van der Waals surface area contributed by atoms with Gasteiger partial charge in [-0.15, -0.1) is 11.6 Å². The van der Waals surface area contributed by atoms with Gasteiger partial charge in [-0.05, 0) is 23.8 Å². The van der Waals surface area contributed by atoms with Crippen LogP contribution in [0.3, 0.4) is 0 Å². The van der Waals surface area contributed by atoms with Crippen LogP contribution in [0.15, 0.2) is 53.7 Å². The second-order valence-electron chi connectivity index (χ2n) is 4.69. The first-order valence-electron chi connectivity index (χ1n) is 6.77. The summed E-state index contributed by atoms with van der Waals surface area (Å²) in [5.41, 5.74) is 3.80. The van der Waals surface area contributed by atoms with Crippen LogP contribution in [0.5, 0.6) is 0 Å². The molecule has 0 radical (unpaired) electrons. The third kappa shape index (κ3) is 3.43. The number of hydrogen-bond acceptors (Lipinski definition) is 3. The smallest absolute Gasteiger partial charge is 0.239 e. The number of halogens is 1. The minimum absolute atomic E-state index is 0.0505. The van der Waals surface area contributed by atoms with E-state index in [1.54, 1.807) is 11.8 Å². The van der Waals surface area contributed by atoms with Crippen molar-refractivity contribution in [2.45, 2.75) is 10.9 Å². The van der Waals surface area contributed by atoms with Crippen LogP contribution < -0.4 is 5.32 Å². The van der Waals surface area contributed by atoms with Gasteiger partial charge in [-0.2, -0.15) is 0 Å². The van der Waals surface area contributed by atoms with Gasteiger partial charge in [-0.1, -0.05) is 42.1 Å². The fourth-order valence-electron chi connectivity index (χ4n) is 2.10. The molecule has 6 heteroatoms. The fraction of sp³-hybridized carbons (Fsp3) is 0.125. The number of carbonyl (C=O) groups excluding carboxylic acids is 1. The zero-order chi connectivity index (χ0) is 15.4. The molecular weight excluding hydrogens is 318 g/mol. The zero-order valence-corrected chi connectivity index (χ0v) is 13.2. The van der Waals surface area contributed by atoms with Crippen LogP contribution in [-0.4, -0.2) is 21.8 Å². The van der Waals surface area contributed by atoms with E-state index >= 15 is 0 Å². The largest absolute Gasteiger partial charge is 0.333 e. The van der Waals surface area contributed by atoms with Crippen molar-refractivity contribution in [2.75, 3.05) is 11.2 Å². The molecule has 0 aliphatic heterocycles. The quantitative estimate of drug-likeness (QED) is 0.548. The van der Waals surface area contributed by atoms with E-state index in [0.29, 0.717) is 5.75 Å². The maximum absolute atomic E-state index is 11.5. The molecule has 2 aromatic carbocycles. The van der Waals surface area contributed by atoms with E-state index in [2.05, 4.69) is 15.3 Å². The lowest BCUT2D eigenvalue weighted by molar-refractivity contribution is -0.113. The van der Waals surface area contributed by atoms with Crippen molar-refractivity contribution in [2.24, 2.45) is 0 Å². The summed E-state index contributed by atoms with van der Waals surface area (Å²) in [4.78, 5) is 19.3. The predicted octanol–water partition coefficient (Wildman–Crippen LogP) is 4.03. The predicted molar refractivity (Wildman–Crippen MR) is 91.4 cm³/mol. The van der Waals surface area contributed by atoms with E-state index in [9.17, 15) is 4.79 Å². The van der Waals surface area contributed by atoms with Gasteiger partial charge in [-0.25, -0.2) is 4.98 Å². The second kappa shape index (κ2) is 6.85. The summed E-state index contributed by atoms with van der Waals surface area (Å²) in [6, 6.07) is 15.6. The first-order valence-corrected chi connectivity index (χ1v) is 8.29. The fourth-order valence-corrected chi connectivity index (χ4v) is 3.05. The zero-order valence-electron chi connectivity index (χ0n) is 11.7. The Kier molecular flexibility index (Phi) is 4.65. The number of alkyl halides is 1. The molecular formula is C16H14ClN3OS. The van der Waals surface area contributed by atoms with E-state index < -0.39 is 0 Å². The molecule has 0 fully saturated rings. The van der Waals surface area contributed by atoms with Gasteiger partial charge in [0, 0.05) is 11.4 Å². The van der Waals surface area contributed by atoms with Crippen LogP contribution in [0.1, 0.15) is 5.56 Å². The first kappa shape index (κ1) is 14.9. The Morgan fingerprint density at radius 3 is 2.77 bits per heavy atom. The number of benzene rings is 2. The summed E-state index contributed by atoms with van der Waals surface area (Å²) in [5, 5.41) is 3.67. The highest BCUT2D eigenvalue weighted by atomic mass is 35.5. The van der Waals surface area contributed by atoms with Crippen molar-refractivity contribution < 1.29 is 4.79 Å². The van der Waals surface area contributed by atoms with Crippen LogP contribution in [0.2, 0.25) is 0 Å². The topological polar surface area (TPSA) is 57.8 Å². The van der Waals surface area contributed by atoms with E-state index in [-0.39, 0.29) is 11.8 Å². The molecule has 0 unspecified atom stereocenters. The standard InChI is InChI=1S/C16H14ClN3OS/c17-9-15(21)18-12-6-2-1-5-11(12)10-22-16-19-13-7-3-4-8-14(13)20-16/h1-8H,9-10H2,(H,18,21)(H,19,20). The molecule has 1 amide bonds. The molecule has 3 aromatic rings. The molecule has 1 aromatic heterocycles. The number of rotatable bonds is 5. The molecule has 112 valence electrons. The summed E-state index contributed by atoms with van der Waals surface area (Å²) >= 11 is 7.14. The molecule has 0 bridgehead atoms. The SMILES string of the molecule is O=C(CCl)Nc1ccccc1CSc1nc2ccccc2[nH]1. The van der Waals surface area contributed by atoms with Gasteiger partial charge in [0.05, 0.1) is 11.0 Å². The van der Waals surface area contributed by atoms with Gasteiger partial charge in [0.2, 0.25) is 5.91 Å². The molecule has 1 heterocycles. The molecule has 3 rings (SSSR count). The number of hydrogen-bond donors (Lipinski definition) is 2. The number of H-pyrrole nitrogens is 1. The van der Waals surface area contributed by atoms with Crippen LogP contribution in [0.25, 0.3) is 11.0 Å². The van der Waals surface area contributed by atoms with Crippen LogP contribution in [0.4, 0.5) is 5.69 Å². The third-order valence-corrected chi connectivity index (χ3v) is 4.31.